The van der Waals surface area contributed by atoms with Crippen LogP contribution in [0.2, 0.25) is 0 Å². The molecule has 0 radical (unpaired) electrons. The number of aliphatic hydroxyl groups is 1. The summed E-state index contributed by atoms with van der Waals surface area (Å²) >= 11 is 0. The smallest absolute Gasteiger partial charge is 0.265 e. The third-order valence-corrected chi connectivity index (χ3v) is 3.33. The Morgan fingerprint density at radius 3 is 2.61 bits per heavy atom. The highest BCUT2D eigenvalue weighted by atomic mass is 16.5. The number of rotatable bonds is 4. The molecule has 0 saturated carbocycles. The number of aliphatic hydroxyl groups excluding tert-OH is 1. The largest absolute Gasteiger partial charge is 0.493 e. The third-order valence-electron chi connectivity index (χ3n) is 3.33. The monoisotopic (exact) mass is 313 g/mol. The Balaban J connectivity index is 0.00000192. The van der Waals surface area contributed by atoms with Gasteiger partial charge in [0.2, 0.25) is 0 Å². The molecule has 1 aromatic carbocycles. The summed E-state index contributed by atoms with van der Waals surface area (Å²) in [5, 5.41) is 12.6. The maximum absolute atomic E-state index is 12.5. The average Bonchev–Trinajstić information content (AvgIpc) is 2.56. The molecule has 2 N–H and O–H groups in total. The van der Waals surface area contributed by atoms with E-state index >= 15 is 0 Å². The van der Waals surface area contributed by atoms with Crippen LogP contribution in [0.25, 0.3) is 5.65 Å². The predicted octanol–water partition coefficient (Wildman–Crippen LogP) is 2.58. The maximum Gasteiger partial charge on any atom is 0.265 e. The summed E-state index contributed by atoms with van der Waals surface area (Å²) in [5.41, 5.74) is 1.05. The van der Waals surface area contributed by atoms with E-state index in [1.165, 1.54) is 11.5 Å². The summed E-state index contributed by atoms with van der Waals surface area (Å²) in [6.07, 6.45) is 1.60. The van der Waals surface area contributed by atoms with Gasteiger partial charge in [0.1, 0.15) is 5.82 Å². The van der Waals surface area contributed by atoms with Crippen molar-refractivity contribution in [2.24, 2.45) is 0 Å². The second-order valence-corrected chi connectivity index (χ2v) is 4.66. The highest BCUT2D eigenvalue weighted by molar-refractivity contribution is 5.64. The Morgan fingerprint density at radius 1 is 1.22 bits per heavy atom. The average molecular weight is 313 g/mol. The quantitative estimate of drug-likeness (QED) is 0.774. The highest BCUT2D eigenvalue weighted by Crippen LogP contribution is 2.21. The zero-order valence-electron chi connectivity index (χ0n) is 12.0. The van der Waals surface area contributed by atoms with Crippen LogP contribution in [0.5, 0.6) is 5.75 Å². The summed E-state index contributed by atoms with van der Waals surface area (Å²) in [6.45, 7) is -0.402. The van der Waals surface area contributed by atoms with E-state index in [1.807, 2.05) is 30.3 Å². The van der Waals surface area contributed by atoms with Crippen molar-refractivity contribution in [3.8, 4) is 5.75 Å². The van der Waals surface area contributed by atoms with Gasteiger partial charge in [0.25, 0.3) is 5.56 Å². The molecule has 0 saturated heterocycles. The number of hydrogen-bond donors (Lipinski definition) is 2. The van der Waals surface area contributed by atoms with Crippen LogP contribution in [-0.2, 0) is 6.61 Å². The number of pyridine rings is 1. The molecule has 0 atom stereocenters. The van der Waals surface area contributed by atoms with Crippen molar-refractivity contribution in [2.45, 2.75) is 14.0 Å². The molecule has 0 amide bonds. The first kappa shape index (κ1) is 16.5. The zero-order chi connectivity index (χ0) is 15.5. The van der Waals surface area contributed by atoms with Crippen LogP contribution in [0.3, 0.4) is 0 Å². The highest BCUT2D eigenvalue weighted by Gasteiger charge is 2.14. The third kappa shape index (κ3) is 3.02. The lowest BCUT2D eigenvalue weighted by molar-refractivity contribution is 0.280. The Bertz CT molecular complexity index is 860. The molecule has 6 nitrogen and oxygen atoms in total. The van der Waals surface area contributed by atoms with Crippen LogP contribution in [0.1, 0.15) is 13.0 Å². The molecular formula is C17H19N3O3. The number of ether oxygens (including phenoxy) is 1. The van der Waals surface area contributed by atoms with Gasteiger partial charge in [-0.25, -0.2) is 4.98 Å². The van der Waals surface area contributed by atoms with Gasteiger partial charge in [0, 0.05) is 11.9 Å². The Hall–Kier alpha value is -2.86. The normalized spacial score (nSPS) is 10.2. The molecule has 120 valence electrons. The molecule has 0 fully saturated rings. The van der Waals surface area contributed by atoms with Gasteiger partial charge in [0.05, 0.1) is 19.3 Å². The molecule has 2 heterocycles. The summed E-state index contributed by atoms with van der Waals surface area (Å²) in [7, 11) is 1.52. The van der Waals surface area contributed by atoms with E-state index < -0.39 is 6.61 Å². The number of hydrogen-bond acceptors (Lipinski definition) is 5. The molecule has 0 aliphatic carbocycles. The number of methoxy groups -OCH3 is 1. The van der Waals surface area contributed by atoms with E-state index in [-0.39, 0.29) is 18.5 Å². The van der Waals surface area contributed by atoms with Crippen LogP contribution in [0, 0.1) is 0 Å². The molecule has 0 spiro atoms. The molecule has 3 aromatic rings. The van der Waals surface area contributed by atoms with Gasteiger partial charge in [-0.3, -0.25) is 9.20 Å². The number of anilines is 2. The van der Waals surface area contributed by atoms with E-state index in [0.717, 1.165) is 5.69 Å². The maximum atomic E-state index is 12.5. The fourth-order valence-electron chi connectivity index (χ4n) is 2.24. The first-order valence-corrected chi connectivity index (χ1v) is 6.75. The van der Waals surface area contributed by atoms with Gasteiger partial charge in [-0.1, -0.05) is 25.6 Å². The van der Waals surface area contributed by atoms with Gasteiger partial charge in [-0.2, -0.15) is 0 Å². The van der Waals surface area contributed by atoms with Crippen LogP contribution in [-0.4, -0.2) is 21.6 Å². The van der Waals surface area contributed by atoms with Crippen molar-refractivity contribution in [2.75, 3.05) is 12.4 Å². The van der Waals surface area contributed by atoms with Crippen LogP contribution < -0.4 is 15.6 Å². The Labute approximate surface area is 134 Å². The fraction of sp³-hybridized carbons (Fsp3) is 0.176. The molecule has 3 rings (SSSR count). The number of nitrogens with one attached hydrogen (secondary N) is 1. The minimum absolute atomic E-state index is 0. The van der Waals surface area contributed by atoms with Gasteiger partial charge in [-0.15, -0.1) is 0 Å². The minimum Gasteiger partial charge on any atom is -0.493 e. The number of benzene rings is 1. The second kappa shape index (κ2) is 6.93. The fourth-order valence-corrected chi connectivity index (χ4v) is 2.24. The van der Waals surface area contributed by atoms with Gasteiger partial charge in [-0.05, 0) is 24.3 Å². The number of aromatic nitrogens is 2. The molecule has 0 bridgehead atoms. The zero-order valence-corrected chi connectivity index (χ0v) is 12.0. The standard InChI is InChI=1S/C16H15N3O3.CH4/c1-22-13-8-5-9-19-15(13)18-14(12(10-20)16(19)21)17-11-6-3-2-4-7-11;/h2-9,17,20H,10H2,1H3;1H4. The van der Waals surface area contributed by atoms with E-state index in [9.17, 15) is 9.90 Å². The molecular weight excluding hydrogens is 294 g/mol. The van der Waals surface area contributed by atoms with Crippen LogP contribution in [0.4, 0.5) is 11.5 Å². The number of nitrogens with zero attached hydrogens (tertiary/aromatic N) is 2. The molecule has 2 aromatic heterocycles. The van der Waals surface area contributed by atoms with Crippen molar-refractivity contribution in [1.29, 1.82) is 0 Å². The van der Waals surface area contributed by atoms with Gasteiger partial charge in [0.15, 0.2) is 11.4 Å². The lowest BCUT2D eigenvalue weighted by Gasteiger charge is -2.12. The minimum atomic E-state index is -0.402. The van der Waals surface area contributed by atoms with E-state index in [4.69, 9.17) is 4.74 Å². The first-order chi connectivity index (χ1) is 10.7. The molecule has 0 aliphatic rings. The lowest BCUT2D eigenvalue weighted by Crippen LogP contribution is -2.22. The summed E-state index contributed by atoms with van der Waals surface area (Å²) in [5.74, 6) is 0.809. The van der Waals surface area contributed by atoms with Crippen molar-refractivity contribution in [3.05, 3.63) is 64.6 Å². The van der Waals surface area contributed by atoms with Crippen LogP contribution in [0.15, 0.2) is 53.5 Å². The SMILES string of the molecule is C.COc1cccn2c(=O)c(CO)c(Nc3ccccc3)nc12. The van der Waals surface area contributed by atoms with E-state index in [2.05, 4.69) is 10.3 Å². The summed E-state index contributed by atoms with van der Waals surface area (Å²) in [6, 6.07) is 12.8. The van der Waals surface area contributed by atoms with Crippen molar-refractivity contribution in [3.63, 3.8) is 0 Å². The second-order valence-electron chi connectivity index (χ2n) is 4.66. The van der Waals surface area contributed by atoms with Crippen LogP contribution >= 0.6 is 0 Å². The van der Waals surface area contributed by atoms with Crippen molar-refractivity contribution in [1.82, 2.24) is 9.38 Å². The first-order valence-electron chi connectivity index (χ1n) is 6.75. The van der Waals surface area contributed by atoms with Crippen molar-refractivity contribution >= 4 is 17.2 Å². The Morgan fingerprint density at radius 2 is 1.96 bits per heavy atom. The summed E-state index contributed by atoms with van der Waals surface area (Å²) < 4.78 is 6.61. The van der Waals surface area contributed by atoms with Crippen molar-refractivity contribution < 1.29 is 9.84 Å². The van der Waals surface area contributed by atoms with E-state index in [0.29, 0.717) is 17.2 Å². The molecule has 0 unspecified atom stereocenters. The molecule has 23 heavy (non-hydrogen) atoms. The summed E-state index contributed by atoms with van der Waals surface area (Å²) in [4.78, 5) is 16.9. The topological polar surface area (TPSA) is 75.9 Å². The Kier molecular flexibility index (Phi) is 4.98. The number of fused-ring (bicyclic) bond motifs is 1. The molecule has 0 aliphatic heterocycles. The predicted molar refractivity (Wildman–Crippen MR) is 90.4 cm³/mol. The molecule has 6 heteroatoms. The van der Waals surface area contributed by atoms with E-state index in [1.54, 1.807) is 18.3 Å². The van der Waals surface area contributed by atoms with Gasteiger partial charge < -0.3 is 15.2 Å². The van der Waals surface area contributed by atoms with Gasteiger partial charge >= 0.3 is 0 Å². The lowest BCUT2D eigenvalue weighted by atomic mass is 10.2. The number of para-hydroxylation sites is 1.